The van der Waals surface area contributed by atoms with Gasteiger partial charge in [-0.3, -0.25) is 4.79 Å². The van der Waals surface area contributed by atoms with E-state index in [0.29, 0.717) is 23.4 Å². The van der Waals surface area contributed by atoms with Gasteiger partial charge in [0, 0.05) is 27.8 Å². The average Bonchev–Trinajstić information content (AvgIpc) is 3.17. The second kappa shape index (κ2) is 17.3. The zero-order valence-electron chi connectivity index (χ0n) is 28.6. The van der Waals surface area contributed by atoms with Crippen molar-refractivity contribution in [2.24, 2.45) is 0 Å². The van der Waals surface area contributed by atoms with E-state index in [1.165, 1.54) is 6.92 Å². The normalized spacial score (nSPS) is 19.0. The first kappa shape index (κ1) is 36.5. The number of amides is 2. The highest BCUT2D eigenvalue weighted by Gasteiger charge is 2.42. The van der Waals surface area contributed by atoms with Crippen LogP contribution in [-0.2, 0) is 27.3 Å². The van der Waals surface area contributed by atoms with E-state index in [1.54, 1.807) is 48.2 Å². The molecule has 5 aromatic carbocycles. The third kappa shape index (κ3) is 9.34. The number of ether oxygens (including phenoxy) is 2. The number of rotatable bonds is 13. The lowest BCUT2D eigenvalue weighted by atomic mass is 9.84. The lowest BCUT2D eigenvalue weighted by molar-refractivity contribution is -0.255. The minimum Gasteiger partial charge on any atom is -0.478 e. The first-order valence-electron chi connectivity index (χ1n) is 17.0. The second-order valence-corrected chi connectivity index (χ2v) is 13.7. The number of carboxylic acids is 1. The number of hydrogen-bond donors (Lipinski definition) is 4. The Morgan fingerprint density at radius 2 is 1.42 bits per heavy atom. The third-order valence-corrected chi connectivity index (χ3v) is 10.1. The molecule has 1 aliphatic heterocycles. The van der Waals surface area contributed by atoms with Crippen molar-refractivity contribution < 1.29 is 34.1 Å². The number of ketones is 1. The number of carbonyl (C=O) groups is 3. The maximum Gasteiger partial charge on any atom is 0.335 e. The number of aromatic carboxylic acids is 1. The molecule has 0 saturated carbocycles. The monoisotopic (exact) mass is 716 g/mol. The molecule has 0 bridgehead atoms. The van der Waals surface area contributed by atoms with E-state index < -0.39 is 30.4 Å². The number of aliphatic hydroxyl groups is 1. The van der Waals surface area contributed by atoms with Crippen LogP contribution in [-0.4, -0.2) is 45.9 Å². The number of aliphatic hydroxyl groups excluding tert-OH is 1. The second-order valence-electron chi connectivity index (χ2n) is 12.6. The molecule has 0 spiro atoms. The van der Waals surface area contributed by atoms with E-state index in [2.05, 4.69) is 22.8 Å². The summed E-state index contributed by atoms with van der Waals surface area (Å²) in [6.07, 6.45) is -1.24. The molecule has 1 fully saturated rings. The predicted octanol–water partition coefficient (Wildman–Crippen LogP) is 7.93. The fourth-order valence-electron chi connectivity index (χ4n) is 6.26. The molecule has 5 unspecified atom stereocenters. The molecule has 0 aliphatic carbocycles. The van der Waals surface area contributed by atoms with Crippen molar-refractivity contribution in [3.05, 3.63) is 167 Å². The molecule has 5 aromatic rings. The van der Waals surface area contributed by atoms with Crippen LogP contribution in [0, 0.1) is 0 Å². The van der Waals surface area contributed by atoms with Crippen LogP contribution >= 0.6 is 11.8 Å². The van der Waals surface area contributed by atoms with Crippen LogP contribution in [0.1, 0.15) is 63.4 Å². The molecule has 5 atom stereocenters. The molecule has 4 N–H and O–H groups in total. The number of urea groups is 1. The van der Waals surface area contributed by atoms with Crippen LogP contribution in [0.5, 0.6) is 0 Å². The molecule has 0 radical (unpaired) electrons. The fraction of sp³-hybridized carbons (Fsp3) is 0.214. The Morgan fingerprint density at radius 1 is 0.750 bits per heavy atom. The SMILES string of the molecule is CC(=O)C(Cc1ccccc1)NC(=O)Nc1cccc(C2OC(CSc3ccc(C(=O)O)cc3)C(c3ccccc3)C(c3ccc(CO)cc3)O2)c1. The molecule has 0 aromatic heterocycles. The van der Waals surface area contributed by atoms with Crippen LogP contribution in [0.25, 0.3) is 0 Å². The lowest BCUT2D eigenvalue weighted by Gasteiger charge is -2.43. The summed E-state index contributed by atoms with van der Waals surface area (Å²) >= 11 is 1.57. The Labute approximate surface area is 307 Å². The number of hydrogen-bond acceptors (Lipinski definition) is 7. The molecule has 52 heavy (non-hydrogen) atoms. The minimum atomic E-state index is -0.980. The summed E-state index contributed by atoms with van der Waals surface area (Å²) in [6.45, 7) is 1.38. The summed E-state index contributed by atoms with van der Waals surface area (Å²) in [4.78, 5) is 37.9. The van der Waals surface area contributed by atoms with Gasteiger partial charge in [-0.1, -0.05) is 97.1 Å². The van der Waals surface area contributed by atoms with Crippen molar-refractivity contribution in [3.8, 4) is 0 Å². The van der Waals surface area contributed by atoms with Gasteiger partial charge in [-0.2, -0.15) is 0 Å². The molecule has 1 aliphatic rings. The molecule has 10 heteroatoms. The van der Waals surface area contributed by atoms with E-state index in [9.17, 15) is 24.6 Å². The quantitative estimate of drug-likeness (QED) is 0.0904. The molecule has 2 amide bonds. The van der Waals surface area contributed by atoms with Gasteiger partial charge in [0.25, 0.3) is 0 Å². The molecule has 6 rings (SSSR count). The minimum absolute atomic E-state index is 0.0770. The standard InChI is InChI=1S/C42H40N2O7S/c1-27(46)36(23-28-9-4-2-5-10-28)44-42(49)43-34-14-8-13-33(24-34)41-50-37(26-52-35-21-19-32(20-22-35)40(47)48)38(30-11-6-3-7-12-30)39(51-41)31-17-15-29(25-45)16-18-31/h2-22,24,36-39,41,45H,23,25-26H2,1H3,(H,47,48)(H2,43,44,49). The Bertz CT molecular complexity index is 1960. The highest BCUT2D eigenvalue weighted by atomic mass is 32.2. The van der Waals surface area contributed by atoms with Gasteiger partial charge in [0.05, 0.1) is 30.4 Å². The first-order valence-corrected chi connectivity index (χ1v) is 18.0. The van der Waals surface area contributed by atoms with Crippen LogP contribution in [0.2, 0.25) is 0 Å². The van der Waals surface area contributed by atoms with Crippen LogP contribution in [0.15, 0.2) is 138 Å². The topological polar surface area (TPSA) is 134 Å². The molecule has 1 saturated heterocycles. The Kier molecular flexibility index (Phi) is 12.2. The summed E-state index contributed by atoms with van der Waals surface area (Å²) in [5.41, 5.74) is 5.09. The lowest BCUT2D eigenvalue weighted by Crippen LogP contribution is -2.43. The van der Waals surface area contributed by atoms with Crippen molar-refractivity contribution in [1.29, 1.82) is 0 Å². The zero-order chi connectivity index (χ0) is 36.5. The number of thioether (sulfide) groups is 1. The van der Waals surface area contributed by atoms with Gasteiger partial charge < -0.3 is 30.3 Å². The average molecular weight is 717 g/mol. The highest BCUT2D eigenvalue weighted by molar-refractivity contribution is 7.99. The fourth-order valence-corrected chi connectivity index (χ4v) is 7.23. The van der Waals surface area contributed by atoms with Crippen LogP contribution in [0.4, 0.5) is 10.5 Å². The van der Waals surface area contributed by atoms with Gasteiger partial charge in [-0.25, -0.2) is 9.59 Å². The molecular formula is C42H40N2O7S. The number of anilines is 1. The highest BCUT2D eigenvalue weighted by Crippen LogP contribution is 2.48. The van der Waals surface area contributed by atoms with E-state index in [1.807, 2.05) is 84.9 Å². The van der Waals surface area contributed by atoms with Gasteiger partial charge in [-0.15, -0.1) is 11.8 Å². The Balaban J connectivity index is 1.27. The number of nitrogens with one attached hydrogen (secondary N) is 2. The number of benzene rings is 5. The molecule has 9 nitrogen and oxygen atoms in total. The maximum absolute atomic E-state index is 13.1. The van der Waals surface area contributed by atoms with Crippen molar-refractivity contribution in [2.45, 2.75) is 55.3 Å². The number of Topliss-reactive ketones (excluding diaryl/α,β-unsaturated/α-hetero) is 1. The maximum atomic E-state index is 13.1. The molecular weight excluding hydrogens is 677 g/mol. The summed E-state index contributed by atoms with van der Waals surface area (Å²) < 4.78 is 13.6. The van der Waals surface area contributed by atoms with E-state index in [0.717, 1.165) is 27.1 Å². The largest absolute Gasteiger partial charge is 0.478 e. The van der Waals surface area contributed by atoms with Crippen molar-refractivity contribution in [2.75, 3.05) is 11.1 Å². The first-order chi connectivity index (χ1) is 25.3. The van der Waals surface area contributed by atoms with Gasteiger partial charge in [0.1, 0.15) is 0 Å². The van der Waals surface area contributed by atoms with Crippen molar-refractivity contribution in [1.82, 2.24) is 5.32 Å². The summed E-state index contributed by atoms with van der Waals surface area (Å²) in [5.74, 6) is -0.815. The van der Waals surface area contributed by atoms with E-state index >= 15 is 0 Å². The molecule has 266 valence electrons. The summed E-state index contributed by atoms with van der Waals surface area (Å²) in [7, 11) is 0. The van der Waals surface area contributed by atoms with Crippen molar-refractivity contribution >= 4 is 35.2 Å². The van der Waals surface area contributed by atoms with Gasteiger partial charge in [0.2, 0.25) is 0 Å². The number of carbonyl (C=O) groups excluding carboxylic acids is 2. The molecule has 1 heterocycles. The third-order valence-electron chi connectivity index (χ3n) is 8.98. The smallest absolute Gasteiger partial charge is 0.335 e. The Morgan fingerprint density at radius 3 is 2.08 bits per heavy atom. The van der Waals surface area contributed by atoms with E-state index in [-0.39, 0.29) is 30.0 Å². The van der Waals surface area contributed by atoms with E-state index in [4.69, 9.17) is 9.47 Å². The van der Waals surface area contributed by atoms with Gasteiger partial charge in [-0.05, 0) is 72.0 Å². The van der Waals surface area contributed by atoms with Crippen molar-refractivity contribution in [3.63, 3.8) is 0 Å². The van der Waals surface area contributed by atoms with Crippen LogP contribution in [0.3, 0.4) is 0 Å². The van der Waals surface area contributed by atoms with Gasteiger partial charge >= 0.3 is 12.0 Å². The zero-order valence-corrected chi connectivity index (χ0v) is 29.4. The van der Waals surface area contributed by atoms with Crippen LogP contribution < -0.4 is 10.6 Å². The number of carboxylic acid groups (broad SMARTS) is 1. The summed E-state index contributed by atoms with van der Waals surface area (Å²) in [5, 5.41) is 24.8. The Hall–Kier alpha value is -5.26. The predicted molar refractivity (Wildman–Crippen MR) is 200 cm³/mol. The summed E-state index contributed by atoms with van der Waals surface area (Å²) in [6, 6.07) is 40.1. The van der Waals surface area contributed by atoms with Gasteiger partial charge in [0.15, 0.2) is 12.1 Å².